The Morgan fingerprint density at radius 3 is 2.24 bits per heavy atom. The number of hydrogen-bond acceptors (Lipinski definition) is 2. The molecule has 0 unspecified atom stereocenters. The van der Waals surface area contributed by atoms with Crippen molar-refractivity contribution >= 4 is 22.7 Å². The number of carbonyl (C=O) groups is 2. The maximum atomic E-state index is 14.0. The van der Waals surface area contributed by atoms with Crippen LogP contribution in [0.2, 0.25) is 0 Å². The van der Waals surface area contributed by atoms with E-state index in [2.05, 4.69) is 60.4 Å². The van der Waals surface area contributed by atoms with Crippen LogP contribution in [0.3, 0.4) is 0 Å². The van der Waals surface area contributed by atoms with Gasteiger partial charge in [-0.15, -0.1) is 0 Å². The van der Waals surface area contributed by atoms with Crippen LogP contribution < -0.4 is 0 Å². The van der Waals surface area contributed by atoms with E-state index in [1.165, 1.54) is 16.7 Å². The van der Waals surface area contributed by atoms with Crippen LogP contribution in [-0.2, 0) is 28.9 Å². The molecule has 3 aromatic carbocycles. The molecule has 0 bridgehead atoms. The predicted molar refractivity (Wildman–Crippen MR) is 146 cm³/mol. The minimum Gasteiger partial charge on any atom is -0.356 e. The van der Waals surface area contributed by atoms with Crippen LogP contribution in [0.4, 0.5) is 0 Å². The van der Waals surface area contributed by atoms with E-state index in [4.69, 9.17) is 0 Å². The summed E-state index contributed by atoms with van der Waals surface area (Å²) >= 11 is 0. The molecule has 3 atom stereocenters. The molecule has 1 aromatic heterocycles. The Morgan fingerprint density at radius 2 is 1.51 bits per heavy atom. The first kappa shape index (κ1) is 23.5. The third-order valence-electron chi connectivity index (χ3n) is 8.19. The van der Waals surface area contributed by atoms with E-state index in [0.29, 0.717) is 6.42 Å². The summed E-state index contributed by atoms with van der Waals surface area (Å²) in [6, 6.07) is 28.5. The molecule has 2 aliphatic rings. The second kappa shape index (κ2) is 9.89. The lowest BCUT2D eigenvalue weighted by Gasteiger charge is -2.48. The SMILES string of the molecule is C[C@H](CCc1ccccc1)N1CC(=O)N2[C@H](CCc3ccccc3)c3[nH]c4ccccc4c3C[C@H]2C1=O. The van der Waals surface area contributed by atoms with Gasteiger partial charge in [0.15, 0.2) is 0 Å². The zero-order valence-corrected chi connectivity index (χ0v) is 21.3. The lowest BCUT2D eigenvalue weighted by molar-refractivity contribution is -0.162. The van der Waals surface area contributed by atoms with Crippen LogP contribution in [0.15, 0.2) is 84.9 Å². The van der Waals surface area contributed by atoms with Crippen molar-refractivity contribution in [3.8, 4) is 0 Å². The Labute approximate surface area is 218 Å². The van der Waals surface area contributed by atoms with Crippen molar-refractivity contribution < 1.29 is 9.59 Å². The Hall–Kier alpha value is -3.86. The number of fused-ring (bicyclic) bond motifs is 4. The Balaban J connectivity index is 1.30. The fourth-order valence-corrected chi connectivity index (χ4v) is 6.20. The van der Waals surface area contributed by atoms with Gasteiger partial charge in [0.2, 0.25) is 11.8 Å². The molecule has 6 rings (SSSR count). The molecule has 3 heterocycles. The fraction of sp³-hybridized carbons (Fsp3) is 0.312. The van der Waals surface area contributed by atoms with Gasteiger partial charge in [0.25, 0.3) is 0 Å². The highest BCUT2D eigenvalue weighted by atomic mass is 16.2. The maximum Gasteiger partial charge on any atom is 0.246 e. The van der Waals surface area contributed by atoms with Crippen LogP contribution in [0.5, 0.6) is 0 Å². The number of nitrogens with zero attached hydrogens (tertiary/aromatic N) is 2. The van der Waals surface area contributed by atoms with E-state index in [0.717, 1.165) is 42.3 Å². The number of aromatic nitrogens is 1. The van der Waals surface area contributed by atoms with Gasteiger partial charge in [-0.25, -0.2) is 0 Å². The summed E-state index contributed by atoms with van der Waals surface area (Å²) in [6.45, 7) is 2.24. The normalized spacial score (nSPS) is 20.1. The van der Waals surface area contributed by atoms with Gasteiger partial charge < -0.3 is 14.8 Å². The van der Waals surface area contributed by atoms with Gasteiger partial charge >= 0.3 is 0 Å². The Morgan fingerprint density at radius 1 is 0.865 bits per heavy atom. The number of hydrogen-bond donors (Lipinski definition) is 1. The molecule has 5 nitrogen and oxygen atoms in total. The van der Waals surface area contributed by atoms with E-state index in [-0.39, 0.29) is 30.4 Å². The van der Waals surface area contributed by atoms with E-state index >= 15 is 0 Å². The van der Waals surface area contributed by atoms with Crippen LogP contribution in [-0.4, -0.2) is 45.2 Å². The molecular weight excluding hydrogens is 458 g/mol. The van der Waals surface area contributed by atoms with Crippen molar-refractivity contribution in [1.29, 1.82) is 0 Å². The van der Waals surface area contributed by atoms with Gasteiger partial charge in [-0.1, -0.05) is 78.9 Å². The number of benzene rings is 3. The Kier molecular flexibility index (Phi) is 6.29. The van der Waals surface area contributed by atoms with Crippen LogP contribution in [0.1, 0.15) is 48.2 Å². The molecule has 0 aliphatic carbocycles. The van der Waals surface area contributed by atoms with Gasteiger partial charge in [0, 0.05) is 29.1 Å². The standard InChI is InChI=1S/C32H33N3O2/c1-22(16-17-23-10-4-2-5-11-23)34-21-30(36)35-28(19-18-24-12-6-3-7-13-24)31-26(20-29(35)32(34)37)25-14-8-9-15-27(25)33-31/h2-15,22,28-29,33H,16-21H2,1H3/t22-,28-,29+/m1/s1. The average molecular weight is 492 g/mol. The molecule has 5 heteroatoms. The topological polar surface area (TPSA) is 56.4 Å². The van der Waals surface area contributed by atoms with Gasteiger partial charge in [-0.05, 0) is 55.4 Å². The smallest absolute Gasteiger partial charge is 0.246 e. The highest BCUT2D eigenvalue weighted by molar-refractivity contribution is 5.97. The van der Waals surface area contributed by atoms with E-state index < -0.39 is 6.04 Å². The van der Waals surface area contributed by atoms with Gasteiger partial charge in [-0.3, -0.25) is 9.59 Å². The first-order chi connectivity index (χ1) is 18.1. The first-order valence-electron chi connectivity index (χ1n) is 13.4. The summed E-state index contributed by atoms with van der Waals surface area (Å²) in [6.07, 6.45) is 3.92. The molecule has 37 heavy (non-hydrogen) atoms. The van der Waals surface area contributed by atoms with Crippen LogP contribution in [0, 0.1) is 0 Å². The molecule has 4 aromatic rings. The highest BCUT2D eigenvalue weighted by Gasteiger charge is 2.48. The number of para-hydroxylation sites is 1. The minimum atomic E-state index is -0.451. The van der Waals surface area contributed by atoms with Gasteiger partial charge in [-0.2, -0.15) is 0 Å². The Bertz CT molecular complexity index is 1410. The zero-order chi connectivity index (χ0) is 25.4. The summed E-state index contributed by atoms with van der Waals surface area (Å²) < 4.78 is 0. The quantitative estimate of drug-likeness (QED) is 0.373. The van der Waals surface area contributed by atoms with Crippen molar-refractivity contribution in [1.82, 2.24) is 14.8 Å². The van der Waals surface area contributed by atoms with E-state index in [1.807, 2.05) is 46.2 Å². The van der Waals surface area contributed by atoms with Crippen molar-refractivity contribution in [2.24, 2.45) is 0 Å². The summed E-state index contributed by atoms with van der Waals surface area (Å²) in [7, 11) is 0. The lowest BCUT2D eigenvalue weighted by atomic mass is 9.86. The number of aromatic amines is 1. The fourth-order valence-electron chi connectivity index (χ4n) is 6.20. The molecule has 1 fully saturated rings. The number of H-pyrrole nitrogens is 1. The van der Waals surface area contributed by atoms with Crippen LogP contribution >= 0.6 is 0 Å². The minimum absolute atomic E-state index is 0.00550. The summed E-state index contributed by atoms with van der Waals surface area (Å²) in [5, 5.41) is 1.16. The van der Waals surface area contributed by atoms with Gasteiger partial charge in [0.1, 0.15) is 12.6 Å². The number of nitrogens with one attached hydrogen (secondary N) is 1. The maximum absolute atomic E-state index is 14.0. The predicted octanol–water partition coefficient (Wildman–Crippen LogP) is 5.46. The molecule has 0 saturated carbocycles. The highest BCUT2D eigenvalue weighted by Crippen LogP contribution is 2.41. The van der Waals surface area contributed by atoms with Crippen molar-refractivity contribution in [3.05, 3.63) is 107 Å². The molecule has 188 valence electrons. The van der Waals surface area contributed by atoms with Crippen LogP contribution in [0.25, 0.3) is 10.9 Å². The largest absolute Gasteiger partial charge is 0.356 e. The third-order valence-corrected chi connectivity index (χ3v) is 8.19. The van der Waals surface area contributed by atoms with E-state index in [9.17, 15) is 9.59 Å². The molecule has 0 spiro atoms. The molecule has 0 radical (unpaired) electrons. The molecular formula is C32H33N3O2. The number of rotatable bonds is 7. The number of aryl methyl sites for hydroxylation is 2. The molecule has 2 aliphatic heterocycles. The average Bonchev–Trinajstić information content (AvgIpc) is 3.31. The lowest BCUT2D eigenvalue weighted by Crippen LogP contribution is -2.64. The van der Waals surface area contributed by atoms with Crippen molar-refractivity contribution in [2.75, 3.05) is 6.54 Å². The monoisotopic (exact) mass is 491 g/mol. The zero-order valence-electron chi connectivity index (χ0n) is 21.3. The second-order valence-corrected chi connectivity index (χ2v) is 10.5. The summed E-state index contributed by atoms with van der Waals surface area (Å²) in [4.78, 5) is 35.1. The summed E-state index contributed by atoms with van der Waals surface area (Å²) in [5.41, 5.74) is 5.86. The molecule has 2 amide bonds. The van der Waals surface area contributed by atoms with Gasteiger partial charge in [0.05, 0.1) is 6.04 Å². The number of amides is 2. The number of piperazine rings is 1. The second-order valence-electron chi connectivity index (χ2n) is 10.5. The summed E-state index contributed by atoms with van der Waals surface area (Å²) in [5.74, 6) is 0.138. The number of carbonyl (C=O) groups excluding carboxylic acids is 2. The molecule has 1 saturated heterocycles. The van der Waals surface area contributed by atoms with Crippen molar-refractivity contribution in [2.45, 2.75) is 57.2 Å². The van der Waals surface area contributed by atoms with E-state index in [1.54, 1.807) is 0 Å². The third kappa shape index (κ3) is 4.43. The molecule has 1 N–H and O–H groups in total. The van der Waals surface area contributed by atoms with Crippen molar-refractivity contribution in [3.63, 3.8) is 0 Å². The first-order valence-corrected chi connectivity index (χ1v) is 13.4.